The van der Waals surface area contributed by atoms with Gasteiger partial charge in [0.25, 0.3) is 10.0 Å². The van der Waals surface area contributed by atoms with Crippen molar-refractivity contribution in [3.05, 3.63) is 35.8 Å². The zero-order chi connectivity index (χ0) is 14.9. The van der Waals surface area contributed by atoms with Crippen molar-refractivity contribution in [2.24, 2.45) is 0 Å². The van der Waals surface area contributed by atoms with E-state index in [-0.39, 0.29) is 0 Å². The summed E-state index contributed by atoms with van der Waals surface area (Å²) in [6, 6.07) is 7.07. The number of nitrogens with zero attached hydrogens (tertiary/aromatic N) is 3. The topological polar surface area (TPSA) is 79.5 Å². The average molecular weight is 324 g/mol. The van der Waals surface area contributed by atoms with Gasteiger partial charge in [0.05, 0.1) is 11.9 Å². The lowest BCUT2D eigenvalue weighted by Crippen LogP contribution is -2.48. The molecule has 0 saturated carbocycles. The van der Waals surface area contributed by atoms with Gasteiger partial charge in [0.2, 0.25) is 0 Å². The van der Waals surface area contributed by atoms with E-state index in [2.05, 4.69) is 9.88 Å². The maximum absolute atomic E-state index is 12.4. The SMILES string of the molecule is Nc1ccc(N2CCN(S(=O)(=O)c3cccs3)CC2)cn1. The number of sulfonamides is 1. The van der Waals surface area contributed by atoms with Crippen molar-refractivity contribution in [3.63, 3.8) is 0 Å². The summed E-state index contributed by atoms with van der Waals surface area (Å²) in [5.74, 6) is 0.484. The molecule has 1 aliphatic rings. The average Bonchev–Trinajstić information content (AvgIpc) is 3.03. The molecule has 0 spiro atoms. The van der Waals surface area contributed by atoms with Crippen molar-refractivity contribution < 1.29 is 8.42 Å². The standard InChI is InChI=1S/C13H16N4O2S2/c14-12-4-3-11(10-15-12)16-5-7-17(8-6-16)21(18,19)13-2-1-9-20-13/h1-4,9-10H,5-8H2,(H2,14,15). The van der Waals surface area contributed by atoms with Crippen LogP contribution in [0.25, 0.3) is 0 Å². The highest BCUT2D eigenvalue weighted by atomic mass is 32.2. The third-order valence-electron chi connectivity index (χ3n) is 3.46. The maximum Gasteiger partial charge on any atom is 0.252 e. The number of piperazine rings is 1. The van der Waals surface area contributed by atoms with Gasteiger partial charge in [-0.15, -0.1) is 11.3 Å². The van der Waals surface area contributed by atoms with Crippen molar-refractivity contribution in [2.45, 2.75) is 4.21 Å². The van der Waals surface area contributed by atoms with Gasteiger partial charge in [-0.3, -0.25) is 0 Å². The molecule has 0 aromatic carbocycles. The van der Waals surface area contributed by atoms with Crippen molar-refractivity contribution in [1.29, 1.82) is 0 Å². The molecule has 8 heteroatoms. The quantitative estimate of drug-likeness (QED) is 0.919. The van der Waals surface area contributed by atoms with E-state index in [4.69, 9.17) is 5.73 Å². The zero-order valence-electron chi connectivity index (χ0n) is 11.3. The van der Waals surface area contributed by atoms with Gasteiger partial charge in [-0.25, -0.2) is 13.4 Å². The Hall–Kier alpha value is -1.64. The van der Waals surface area contributed by atoms with E-state index in [9.17, 15) is 8.42 Å². The third-order valence-corrected chi connectivity index (χ3v) is 6.74. The number of thiophene rings is 1. The van der Waals surface area contributed by atoms with E-state index in [1.165, 1.54) is 11.3 Å². The van der Waals surface area contributed by atoms with Crippen LogP contribution < -0.4 is 10.6 Å². The normalized spacial score (nSPS) is 17.0. The van der Waals surface area contributed by atoms with Crippen molar-refractivity contribution in [1.82, 2.24) is 9.29 Å². The van der Waals surface area contributed by atoms with Gasteiger partial charge in [-0.2, -0.15) is 4.31 Å². The molecule has 2 aromatic rings. The van der Waals surface area contributed by atoms with Gasteiger partial charge in [0.15, 0.2) is 0 Å². The van der Waals surface area contributed by atoms with Gasteiger partial charge in [0.1, 0.15) is 10.0 Å². The number of aromatic nitrogens is 1. The molecule has 112 valence electrons. The molecule has 0 unspecified atom stereocenters. The van der Waals surface area contributed by atoms with Crippen LogP contribution in [0.5, 0.6) is 0 Å². The first-order valence-electron chi connectivity index (χ1n) is 6.57. The van der Waals surface area contributed by atoms with Crippen LogP contribution in [0.4, 0.5) is 11.5 Å². The summed E-state index contributed by atoms with van der Waals surface area (Å²) in [5, 5.41) is 1.78. The van der Waals surface area contributed by atoms with Gasteiger partial charge in [0, 0.05) is 26.2 Å². The summed E-state index contributed by atoms with van der Waals surface area (Å²) >= 11 is 1.26. The molecule has 3 rings (SSSR count). The molecule has 2 aromatic heterocycles. The van der Waals surface area contributed by atoms with E-state index in [0.717, 1.165) is 5.69 Å². The number of nitrogen functional groups attached to an aromatic ring is 1. The predicted octanol–water partition coefficient (Wildman–Crippen LogP) is 1.24. The number of anilines is 2. The number of hydrogen-bond donors (Lipinski definition) is 1. The van der Waals surface area contributed by atoms with Gasteiger partial charge < -0.3 is 10.6 Å². The van der Waals surface area contributed by atoms with Gasteiger partial charge >= 0.3 is 0 Å². The Balaban J connectivity index is 1.69. The van der Waals surface area contributed by atoms with Crippen LogP contribution in [-0.2, 0) is 10.0 Å². The van der Waals surface area contributed by atoms with Crippen LogP contribution in [-0.4, -0.2) is 43.9 Å². The highest BCUT2D eigenvalue weighted by Gasteiger charge is 2.29. The molecule has 0 atom stereocenters. The molecule has 1 fully saturated rings. The summed E-state index contributed by atoms with van der Waals surface area (Å²) in [7, 11) is -3.34. The molecule has 0 bridgehead atoms. The van der Waals surface area contributed by atoms with Crippen molar-refractivity contribution >= 4 is 32.9 Å². The Bertz CT molecular complexity index is 690. The fourth-order valence-corrected chi connectivity index (χ4v) is 4.88. The number of pyridine rings is 1. The van der Waals surface area contributed by atoms with Crippen LogP contribution in [0.3, 0.4) is 0 Å². The Morgan fingerprint density at radius 2 is 1.90 bits per heavy atom. The molecule has 21 heavy (non-hydrogen) atoms. The summed E-state index contributed by atoms with van der Waals surface area (Å²) in [4.78, 5) is 6.19. The minimum absolute atomic E-state index is 0.408. The fourth-order valence-electron chi connectivity index (χ4n) is 2.31. The molecule has 0 radical (unpaired) electrons. The van der Waals surface area contributed by atoms with Gasteiger partial charge in [-0.05, 0) is 23.6 Å². The van der Waals surface area contributed by atoms with Gasteiger partial charge in [-0.1, -0.05) is 6.07 Å². The lowest BCUT2D eigenvalue weighted by Gasteiger charge is -2.34. The molecule has 2 N–H and O–H groups in total. The Morgan fingerprint density at radius 3 is 2.48 bits per heavy atom. The van der Waals surface area contributed by atoms with E-state index in [0.29, 0.717) is 36.2 Å². The van der Waals surface area contributed by atoms with Crippen LogP contribution in [0, 0.1) is 0 Å². The van der Waals surface area contributed by atoms with Crippen molar-refractivity contribution in [3.8, 4) is 0 Å². The minimum atomic E-state index is -3.34. The van der Waals surface area contributed by atoms with Crippen molar-refractivity contribution in [2.75, 3.05) is 36.8 Å². The Morgan fingerprint density at radius 1 is 1.14 bits per heavy atom. The van der Waals surface area contributed by atoms with Crippen LogP contribution in [0.2, 0.25) is 0 Å². The summed E-state index contributed by atoms with van der Waals surface area (Å²) in [5.41, 5.74) is 6.54. The molecule has 0 amide bonds. The molecular weight excluding hydrogens is 308 g/mol. The molecule has 1 saturated heterocycles. The summed E-state index contributed by atoms with van der Waals surface area (Å²) in [6.07, 6.45) is 1.72. The number of hydrogen-bond acceptors (Lipinski definition) is 6. The highest BCUT2D eigenvalue weighted by molar-refractivity contribution is 7.91. The van der Waals surface area contributed by atoms with E-state index in [1.807, 2.05) is 6.07 Å². The zero-order valence-corrected chi connectivity index (χ0v) is 13.0. The summed E-state index contributed by atoms with van der Waals surface area (Å²) < 4.78 is 26.8. The lowest BCUT2D eigenvalue weighted by molar-refractivity contribution is 0.386. The van der Waals surface area contributed by atoms with Crippen LogP contribution >= 0.6 is 11.3 Å². The Kier molecular flexibility index (Phi) is 3.83. The molecule has 3 heterocycles. The summed E-state index contributed by atoms with van der Waals surface area (Å²) in [6.45, 7) is 2.25. The third kappa shape index (κ3) is 2.87. The second-order valence-corrected chi connectivity index (χ2v) is 7.88. The monoisotopic (exact) mass is 324 g/mol. The minimum Gasteiger partial charge on any atom is -0.384 e. The first kappa shape index (κ1) is 14.3. The highest BCUT2D eigenvalue weighted by Crippen LogP contribution is 2.23. The van der Waals surface area contributed by atoms with Crippen LogP contribution in [0.15, 0.2) is 40.1 Å². The first-order valence-corrected chi connectivity index (χ1v) is 8.89. The second-order valence-electron chi connectivity index (χ2n) is 4.76. The fraction of sp³-hybridized carbons (Fsp3) is 0.308. The van der Waals surface area contributed by atoms with E-state index in [1.54, 1.807) is 34.1 Å². The molecule has 1 aliphatic heterocycles. The van der Waals surface area contributed by atoms with Crippen LogP contribution in [0.1, 0.15) is 0 Å². The Labute approximate surface area is 127 Å². The molecule has 0 aliphatic carbocycles. The lowest BCUT2D eigenvalue weighted by atomic mass is 10.3. The largest absolute Gasteiger partial charge is 0.384 e. The van der Waals surface area contributed by atoms with E-state index >= 15 is 0 Å². The maximum atomic E-state index is 12.4. The second kappa shape index (κ2) is 5.63. The predicted molar refractivity (Wildman–Crippen MR) is 83.9 cm³/mol. The molecular formula is C13H16N4O2S2. The van der Waals surface area contributed by atoms with E-state index < -0.39 is 10.0 Å². The number of rotatable bonds is 3. The molecule has 6 nitrogen and oxygen atoms in total. The first-order chi connectivity index (χ1) is 10.1. The smallest absolute Gasteiger partial charge is 0.252 e. The number of nitrogens with two attached hydrogens (primary N) is 1.